The molecule has 0 fully saturated rings. The lowest BCUT2D eigenvalue weighted by Gasteiger charge is -2.11. The van der Waals surface area contributed by atoms with Crippen LogP contribution >= 0.6 is 0 Å². The highest BCUT2D eigenvalue weighted by atomic mass is 15.0. The number of aromatic nitrogens is 1. The van der Waals surface area contributed by atoms with Crippen LogP contribution in [-0.2, 0) is 13.0 Å². The number of rotatable bonds is 4. The first-order valence-electron chi connectivity index (χ1n) is 8.57. The van der Waals surface area contributed by atoms with Gasteiger partial charge in [0.05, 0.1) is 0 Å². The van der Waals surface area contributed by atoms with Crippen LogP contribution in [-0.4, -0.2) is 4.57 Å². The molecular formula is C23H21N2. The SMILES string of the molecule is [CH2]Cc1c(-c2ccccc2)c2cc(N)ccc2n1Cc1ccccc1. The average Bonchev–Trinajstić information content (AvgIpc) is 2.96. The summed E-state index contributed by atoms with van der Waals surface area (Å²) in [7, 11) is 0. The highest BCUT2D eigenvalue weighted by Crippen LogP contribution is 2.36. The van der Waals surface area contributed by atoms with E-state index in [-0.39, 0.29) is 0 Å². The summed E-state index contributed by atoms with van der Waals surface area (Å²) in [6.45, 7) is 5.04. The van der Waals surface area contributed by atoms with Crippen LogP contribution in [0.1, 0.15) is 11.3 Å². The minimum Gasteiger partial charge on any atom is -0.399 e. The molecule has 0 atom stereocenters. The van der Waals surface area contributed by atoms with E-state index in [0.717, 1.165) is 18.7 Å². The Balaban J connectivity index is 1.99. The molecule has 0 bridgehead atoms. The predicted molar refractivity (Wildman–Crippen MR) is 106 cm³/mol. The maximum atomic E-state index is 6.10. The number of anilines is 1. The van der Waals surface area contributed by atoms with Crippen LogP contribution in [0.4, 0.5) is 5.69 Å². The van der Waals surface area contributed by atoms with Gasteiger partial charge in [-0.05, 0) is 42.7 Å². The van der Waals surface area contributed by atoms with Crippen LogP contribution in [0, 0.1) is 6.92 Å². The molecule has 1 aromatic heterocycles. The van der Waals surface area contributed by atoms with Gasteiger partial charge in [-0.15, -0.1) is 0 Å². The zero-order chi connectivity index (χ0) is 17.2. The third-order valence-corrected chi connectivity index (χ3v) is 4.68. The molecule has 25 heavy (non-hydrogen) atoms. The van der Waals surface area contributed by atoms with Crippen molar-refractivity contribution in [3.63, 3.8) is 0 Å². The lowest BCUT2D eigenvalue weighted by molar-refractivity contribution is 0.790. The van der Waals surface area contributed by atoms with E-state index >= 15 is 0 Å². The highest BCUT2D eigenvalue weighted by Gasteiger charge is 2.17. The summed E-state index contributed by atoms with van der Waals surface area (Å²) in [6.07, 6.45) is 0.728. The van der Waals surface area contributed by atoms with Gasteiger partial charge in [0.15, 0.2) is 0 Å². The number of benzene rings is 3. The van der Waals surface area contributed by atoms with Crippen molar-refractivity contribution < 1.29 is 0 Å². The van der Waals surface area contributed by atoms with E-state index in [1.807, 2.05) is 12.1 Å². The topological polar surface area (TPSA) is 30.9 Å². The number of fused-ring (bicyclic) bond motifs is 1. The molecule has 4 rings (SSSR count). The lowest BCUT2D eigenvalue weighted by Crippen LogP contribution is -2.04. The zero-order valence-corrected chi connectivity index (χ0v) is 14.2. The van der Waals surface area contributed by atoms with E-state index in [1.54, 1.807) is 0 Å². The molecule has 0 spiro atoms. The minimum absolute atomic E-state index is 0.728. The van der Waals surface area contributed by atoms with Gasteiger partial charge in [-0.3, -0.25) is 0 Å². The van der Waals surface area contributed by atoms with E-state index in [1.165, 1.54) is 33.3 Å². The van der Waals surface area contributed by atoms with Crippen molar-refractivity contribution in [3.05, 3.63) is 97.0 Å². The number of nitrogens with two attached hydrogens (primary N) is 1. The molecule has 0 aliphatic heterocycles. The van der Waals surface area contributed by atoms with Gasteiger partial charge >= 0.3 is 0 Å². The molecule has 2 N–H and O–H groups in total. The van der Waals surface area contributed by atoms with Crippen molar-refractivity contribution in [3.8, 4) is 11.1 Å². The standard InChI is InChI=1S/C23H21N2/c1-2-21-23(18-11-7-4-8-12-18)20-15-19(24)13-14-22(20)25(21)16-17-9-5-3-6-10-17/h3-15H,1-2,16,24H2. The second kappa shape index (κ2) is 6.48. The minimum atomic E-state index is 0.728. The van der Waals surface area contributed by atoms with Crippen LogP contribution in [0.3, 0.4) is 0 Å². The molecule has 1 radical (unpaired) electrons. The Morgan fingerprint density at radius 1 is 0.840 bits per heavy atom. The van der Waals surface area contributed by atoms with E-state index in [9.17, 15) is 0 Å². The van der Waals surface area contributed by atoms with E-state index in [0.29, 0.717) is 0 Å². The summed E-state index contributed by atoms with van der Waals surface area (Å²) >= 11 is 0. The van der Waals surface area contributed by atoms with Gasteiger partial charge in [-0.2, -0.15) is 0 Å². The van der Waals surface area contributed by atoms with Crippen LogP contribution in [0.2, 0.25) is 0 Å². The highest BCUT2D eigenvalue weighted by molar-refractivity contribution is 5.99. The molecule has 0 unspecified atom stereocenters. The fourth-order valence-electron chi connectivity index (χ4n) is 3.56. The van der Waals surface area contributed by atoms with Crippen molar-refractivity contribution >= 4 is 16.6 Å². The second-order valence-corrected chi connectivity index (χ2v) is 6.29. The zero-order valence-electron chi connectivity index (χ0n) is 14.2. The Morgan fingerprint density at radius 2 is 1.52 bits per heavy atom. The van der Waals surface area contributed by atoms with Gasteiger partial charge in [0.25, 0.3) is 0 Å². The maximum absolute atomic E-state index is 6.10. The number of hydrogen-bond acceptors (Lipinski definition) is 1. The molecule has 0 saturated heterocycles. The van der Waals surface area contributed by atoms with Crippen LogP contribution < -0.4 is 5.73 Å². The fourth-order valence-corrected chi connectivity index (χ4v) is 3.56. The van der Waals surface area contributed by atoms with Crippen LogP contribution in [0.5, 0.6) is 0 Å². The molecule has 0 aliphatic carbocycles. The first-order valence-corrected chi connectivity index (χ1v) is 8.57. The van der Waals surface area contributed by atoms with Crippen molar-refractivity contribution in [1.82, 2.24) is 4.57 Å². The third kappa shape index (κ3) is 2.80. The Morgan fingerprint density at radius 3 is 2.20 bits per heavy atom. The van der Waals surface area contributed by atoms with Gasteiger partial charge in [0.1, 0.15) is 0 Å². The number of nitrogen functional groups attached to an aromatic ring is 1. The molecule has 0 saturated carbocycles. The molecule has 4 aromatic rings. The summed E-state index contributed by atoms with van der Waals surface area (Å²) in [5.74, 6) is 0. The first-order chi connectivity index (χ1) is 12.3. The van der Waals surface area contributed by atoms with Gasteiger partial charge < -0.3 is 10.3 Å². The van der Waals surface area contributed by atoms with Crippen LogP contribution in [0.25, 0.3) is 22.0 Å². The number of hydrogen-bond donors (Lipinski definition) is 1. The van der Waals surface area contributed by atoms with Crippen molar-refractivity contribution in [2.75, 3.05) is 5.73 Å². The first kappa shape index (κ1) is 15.5. The normalized spacial score (nSPS) is 11.1. The Hall–Kier alpha value is -3.00. The summed E-state index contributed by atoms with van der Waals surface area (Å²) in [4.78, 5) is 0. The third-order valence-electron chi connectivity index (χ3n) is 4.68. The van der Waals surface area contributed by atoms with Crippen molar-refractivity contribution in [1.29, 1.82) is 0 Å². The molecule has 2 nitrogen and oxygen atoms in total. The quantitative estimate of drug-likeness (QED) is 0.506. The van der Waals surface area contributed by atoms with E-state index < -0.39 is 0 Å². The van der Waals surface area contributed by atoms with Gasteiger partial charge in [0.2, 0.25) is 0 Å². The smallest absolute Gasteiger partial charge is 0.0493 e. The van der Waals surface area contributed by atoms with Crippen molar-refractivity contribution in [2.24, 2.45) is 0 Å². The lowest BCUT2D eigenvalue weighted by atomic mass is 10.0. The molecule has 0 aliphatic rings. The number of nitrogens with zero attached hydrogens (tertiary/aromatic N) is 1. The summed E-state index contributed by atoms with van der Waals surface area (Å²) in [5.41, 5.74) is 13.1. The predicted octanol–water partition coefficient (Wildman–Crippen LogP) is 5.32. The molecule has 2 heteroatoms. The summed E-state index contributed by atoms with van der Waals surface area (Å²) in [6, 6.07) is 27.2. The van der Waals surface area contributed by atoms with Gasteiger partial charge in [-0.25, -0.2) is 0 Å². The fraction of sp³-hybridized carbons (Fsp3) is 0.0870. The Kier molecular flexibility index (Phi) is 4.02. The summed E-state index contributed by atoms with van der Waals surface area (Å²) < 4.78 is 2.37. The largest absolute Gasteiger partial charge is 0.399 e. The molecule has 0 amide bonds. The van der Waals surface area contributed by atoms with E-state index in [4.69, 9.17) is 5.73 Å². The van der Waals surface area contributed by atoms with Gasteiger partial charge in [-0.1, -0.05) is 60.7 Å². The molecule has 3 aromatic carbocycles. The van der Waals surface area contributed by atoms with Crippen LogP contribution in [0.15, 0.2) is 78.9 Å². The second-order valence-electron chi connectivity index (χ2n) is 6.29. The summed E-state index contributed by atoms with van der Waals surface area (Å²) in [5, 5.41) is 1.20. The maximum Gasteiger partial charge on any atom is 0.0493 e. The monoisotopic (exact) mass is 325 g/mol. The van der Waals surface area contributed by atoms with E-state index in [2.05, 4.69) is 78.2 Å². The molecule has 1 heterocycles. The Labute approximate surface area is 148 Å². The van der Waals surface area contributed by atoms with Crippen molar-refractivity contribution in [2.45, 2.75) is 13.0 Å². The Bertz CT molecular complexity index is 999. The average molecular weight is 325 g/mol. The molecule has 123 valence electrons. The molecular weight excluding hydrogens is 304 g/mol. The van der Waals surface area contributed by atoms with Gasteiger partial charge in [0, 0.05) is 34.4 Å².